The SMILES string of the molecule is CC1C2CC3CC(C2)C(CC#N)C1C3. The molecule has 4 rings (SSSR count). The van der Waals surface area contributed by atoms with Crippen LogP contribution in [-0.2, 0) is 0 Å². The lowest BCUT2D eigenvalue weighted by Gasteiger charge is -2.57. The Kier molecular flexibility index (Phi) is 1.87. The predicted octanol–water partition coefficient (Wildman–Crippen LogP) is 3.22. The molecule has 0 saturated heterocycles. The first-order valence-corrected chi connectivity index (χ1v) is 6.16. The number of nitriles is 1. The van der Waals surface area contributed by atoms with E-state index in [4.69, 9.17) is 5.26 Å². The topological polar surface area (TPSA) is 23.8 Å². The highest BCUT2D eigenvalue weighted by atomic mass is 14.6. The highest BCUT2D eigenvalue weighted by Crippen LogP contribution is 2.59. The lowest BCUT2D eigenvalue weighted by Crippen LogP contribution is -2.49. The molecule has 1 heteroatoms. The number of nitrogens with zero attached hydrogens (tertiary/aromatic N) is 1. The van der Waals surface area contributed by atoms with Gasteiger partial charge in [0.25, 0.3) is 0 Å². The minimum Gasteiger partial charge on any atom is -0.198 e. The van der Waals surface area contributed by atoms with Crippen molar-refractivity contribution >= 4 is 0 Å². The summed E-state index contributed by atoms with van der Waals surface area (Å²) in [7, 11) is 0. The summed E-state index contributed by atoms with van der Waals surface area (Å²) in [6.07, 6.45) is 6.68. The van der Waals surface area contributed by atoms with E-state index in [0.29, 0.717) is 0 Å². The molecule has 0 N–H and O–H groups in total. The van der Waals surface area contributed by atoms with Gasteiger partial charge in [-0.3, -0.25) is 0 Å². The van der Waals surface area contributed by atoms with Crippen molar-refractivity contribution in [3.8, 4) is 6.07 Å². The highest BCUT2D eigenvalue weighted by Gasteiger charge is 2.51. The van der Waals surface area contributed by atoms with Crippen molar-refractivity contribution in [1.82, 2.24) is 0 Å². The van der Waals surface area contributed by atoms with E-state index in [1.165, 1.54) is 25.7 Å². The molecule has 0 aliphatic heterocycles. The molecule has 0 aromatic rings. The molecule has 6 unspecified atom stereocenters. The van der Waals surface area contributed by atoms with Crippen molar-refractivity contribution in [3.63, 3.8) is 0 Å². The summed E-state index contributed by atoms with van der Waals surface area (Å²) in [5.41, 5.74) is 0. The van der Waals surface area contributed by atoms with E-state index in [9.17, 15) is 0 Å². The summed E-state index contributed by atoms with van der Waals surface area (Å²) in [5, 5.41) is 8.89. The van der Waals surface area contributed by atoms with E-state index >= 15 is 0 Å². The van der Waals surface area contributed by atoms with Gasteiger partial charge in [0.1, 0.15) is 0 Å². The molecule has 4 aliphatic rings. The fourth-order valence-electron chi connectivity index (χ4n) is 4.79. The van der Waals surface area contributed by atoms with Gasteiger partial charge in [0.2, 0.25) is 0 Å². The Labute approximate surface area is 86.5 Å². The molecule has 76 valence electrons. The quantitative estimate of drug-likeness (QED) is 0.621. The maximum atomic E-state index is 8.89. The molecule has 0 radical (unpaired) electrons. The van der Waals surface area contributed by atoms with Crippen LogP contribution in [0.3, 0.4) is 0 Å². The molecule has 0 aromatic heterocycles. The Morgan fingerprint density at radius 1 is 1.14 bits per heavy atom. The van der Waals surface area contributed by atoms with Crippen LogP contribution in [0, 0.1) is 46.8 Å². The second-order valence-corrected chi connectivity index (χ2v) is 5.88. The lowest BCUT2D eigenvalue weighted by atomic mass is 9.48. The molecule has 0 heterocycles. The van der Waals surface area contributed by atoms with E-state index in [-0.39, 0.29) is 0 Å². The average Bonchev–Trinajstić information content (AvgIpc) is 2.18. The maximum Gasteiger partial charge on any atom is 0.0624 e. The molecular weight excluding hydrogens is 170 g/mol. The van der Waals surface area contributed by atoms with E-state index in [0.717, 1.165) is 41.9 Å². The highest BCUT2D eigenvalue weighted by molar-refractivity contribution is 5.02. The third kappa shape index (κ3) is 1.06. The van der Waals surface area contributed by atoms with Crippen LogP contribution < -0.4 is 0 Å². The number of rotatable bonds is 1. The van der Waals surface area contributed by atoms with Crippen LogP contribution in [0.4, 0.5) is 0 Å². The van der Waals surface area contributed by atoms with Gasteiger partial charge >= 0.3 is 0 Å². The number of hydrogen-bond acceptors (Lipinski definition) is 1. The van der Waals surface area contributed by atoms with Crippen molar-refractivity contribution in [2.75, 3.05) is 0 Å². The molecule has 0 spiro atoms. The Bertz CT molecular complexity index is 277. The summed E-state index contributed by atoms with van der Waals surface area (Å²) in [4.78, 5) is 0. The van der Waals surface area contributed by atoms with Crippen LogP contribution in [0.2, 0.25) is 0 Å². The van der Waals surface area contributed by atoms with Crippen LogP contribution in [-0.4, -0.2) is 0 Å². The minimum atomic E-state index is 0.766. The third-order valence-electron chi connectivity index (χ3n) is 5.38. The first kappa shape index (κ1) is 8.77. The smallest absolute Gasteiger partial charge is 0.0624 e. The van der Waals surface area contributed by atoms with Gasteiger partial charge in [-0.2, -0.15) is 5.26 Å². The first-order valence-electron chi connectivity index (χ1n) is 6.16. The van der Waals surface area contributed by atoms with E-state index in [1.54, 1.807) is 0 Å². The van der Waals surface area contributed by atoms with Gasteiger partial charge in [-0.25, -0.2) is 0 Å². The second kappa shape index (κ2) is 2.99. The van der Waals surface area contributed by atoms with Crippen molar-refractivity contribution in [1.29, 1.82) is 5.26 Å². The molecule has 4 aliphatic carbocycles. The molecule has 4 saturated carbocycles. The minimum absolute atomic E-state index is 0.766. The molecule has 0 amide bonds. The summed E-state index contributed by atoms with van der Waals surface area (Å²) in [6.45, 7) is 2.44. The summed E-state index contributed by atoms with van der Waals surface area (Å²) in [6, 6.07) is 2.42. The zero-order chi connectivity index (χ0) is 9.71. The van der Waals surface area contributed by atoms with Gasteiger partial charge < -0.3 is 0 Å². The zero-order valence-corrected chi connectivity index (χ0v) is 8.95. The van der Waals surface area contributed by atoms with Crippen molar-refractivity contribution in [3.05, 3.63) is 0 Å². The lowest BCUT2D eigenvalue weighted by molar-refractivity contribution is -0.0765. The van der Waals surface area contributed by atoms with Crippen LogP contribution in [0.25, 0.3) is 0 Å². The predicted molar refractivity (Wildman–Crippen MR) is 55.3 cm³/mol. The third-order valence-corrected chi connectivity index (χ3v) is 5.38. The molecule has 6 atom stereocenters. The van der Waals surface area contributed by atoms with Gasteiger partial charge in [-0.1, -0.05) is 6.92 Å². The van der Waals surface area contributed by atoms with Gasteiger partial charge in [-0.05, 0) is 61.2 Å². The molecule has 4 bridgehead atoms. The van der Waals surface area contributed by atoms with Crippen molar-refractivity contribution in [2.45, 2.75) is 39.0 Å². The van der Waals surface area contributed by atoms with E-state index < -0.39 is 0 Å². The van der Waals surface area contributed by atoms with Crippen molar-refractivity contribution in [2.24, 2.45) is 35.5 Å². The monoisotopic (exact) mass is 189 g/mol. The largest absolute Gasteiger partial charge is 0.198 e. The molecule has 0 aromatic carbocycles. The Hall–Kier alpha value is -0.510. The fraction of sp³-hybridized carbons (Fsp3) is 0.923. The Morgan fingerprint density at radius 2 is 1.93 bits per heavy atom. The molecule has 1 nitrogen and oxygen atoms in total. The zero-order valence-electron chi connectivity index (χ0n) is 8.95. The van der Waals surface area contributed by atoms with Crippen LogP contribution in [0.5, 0.6) is 0 Å². The Morgan fingerprint density at radius 3 is 2.71 bits per heavy atom. The standard InChI is InChI=1S/C13H19N/c1-8-10-4-9-5-11(7-10)12(2-3-14)13(8)6-9/h8-13H,2,4-7H2,1H3. The molecule has 4 fully saturated rings. The van der Waals surface area contributed by atoms with Crippen LogP contribution in [0.15, 0.2) is 0 Å². The maximum absolute atomic E-state index is 8.89. The summed E-state index contributed by atoms with van der Waals surface area (Å²) >= 11 is 0. The average molecular weight is 189 g/mol. The molecular formula is C13H19N. The van der Waals surface area contributed by atoms with E-state index in [2.05, 4.69) is 13.0 Å². The van der Waals surface area contributed by atoms with Gasteiger partial charge in [0, 0.05) is 6.42 Å². The second-order valence-electron chi connectivity index (χ2n) is 5.88. The Balaban J connectivity index is 1.86. The normalized spacial score (nSPS) is 54.6. The summed E-state index contributed by atoms with van der Waals surface area (Å²) < 4.78 is 0. The molecule has 14 heavy (non-hydrogen) atoms. The van der Waals surface area contributed by atoms with Crippen molar-refractivity contribution < 1.29 is 0 Å². The van der Waals surface area contributed by atoms with Crippen LogP contribution >= 0.6 is 0 Å². The van der Waals surface area contributed by atoms with Gasteiger partial charge in [0.15, 0.2) is 0 Å². The number of hydrogen-bond donors (Lipinski definition) is 0. The van der Waals surface area contributed by atoms with Gasteiger partial charge in [-0.15, -0.1) is 0 Å². The van der Waals surface area contributed by atoms with E-state index in [1.807, 2.05) is 0 Å². The van der Waals surface area contributed by atoms with Crippen LogP contribution in [0.1, 0.15) is 39.0 Å². The van der Waals surface area contributed by atoms with Gasteiger partial charge in [0.05, 0.1) is 6.07 Å². The first-order chi connectivity index (χ1) is 6.79. The fourth-order valence-corrected chi connectivity index (χ4v) is 4.79. The summed E-state index contributed by atoms with van der Waals surface area (Å²) in [5.74, 6) is 5.57.